The molecule has 0 saturated carbocycles. The Morgan fingerprint density at radius 1 is 0.821 bits per heavy atom. The van der Waals surface area contributed by atoms with Crippen molar-refractivity contribution < 1.29 is 14.0 Å². The van der Waals surface area contributed by atoms with Crippen LogP contribution < -0.4 is 10.6 Å². The highest BCUT2D eigenvalue weighted by Gasteiger charge is 2.25. The molecule has 2 aromatic carbocycles. The highest BCUT2D eigenvalue weighted by atomic mass is 16.3. The Morgan fingerprint density at radius 3 is 1.89 bits per heavy atom. The third-order valence-corrected chi connectivity index (χ3v) is 4.71. The molecule has 1 heterocycles. The van der Waals surface area contributed by atoms with Crippen molar-refractivity contribution in [3.8, 4) is 0 Å². The molecular formula is C23H24N2O3. The number of benzene rings is 2. The molecule has 0 bridgehead atoms. The van der Waals surface area contributed by atoms with Gasteiger partial charge < -0.3 is 15.1 Å². The average molecular weight is 376 g/mol. The van der Waals surface area contributed by atoms with Gasteiger partial charge in [-0.05, 0) is 31.0 Å². The normalized spacial score (nSPS) is 13.0. The molecule has 2 amide bonds. The number of hydrogen-bond acceptors (Lipinski definition) is 3. The summed E-state index contributed by atoms with van der Waals surface area (Å²) in [6.45, 7) is 3.65. The first kappa shape index (κ1) is 19.4. The molecule has 2 atom stereocenters. The quantitative estimate of drug-likeness (QED) is 0.660. The summed E-state index contributed by atoms with van der Waals surface area (Å²) in [4.78, 5) is 24.8. The average Bonchev–Trinajstić information content (AvgIpc) is 3.25. The zero-order valence-electron chi connectivity index (χ0n) is 16.0. The second-order valence-corrected chi connectivity index (χ2v) is 6.80. The van der Waals surface area contributed by atoms with E-state index in [4.69, 9.17) is 4.42 Å². The van der Waals surface area contributed by atoms with Crippen LogP contribution in [0.1, 0.15) is 41.3 Å². The van der Waals surface area contributed by atoms with Gasteiger partial charge in [0.2, 0.25) is 5.91 Å². The molecule has 0 spiro atoms. The minimum Gasteiger partial charge on any atom is -0.472 e. The van der Waals surface area contributed by atoms with Gasteiger partial charge >= 0.3 is 0 Å². The second-order valence-electron chi connectivity index (χ2n) is 6.80. The smallest absolute Gasteiger partial charge is 0.255 e. The van der Waals surface area contributed by atoms with Crippen molar-refractivity contribution in [3.63, 3.8) is 0 Å². The van der Waals surface area contributed by atoms with Gasteiger partial charge in [-0.2, -0.15) is 0 Å². The molecule has 0 fully saturated rings. The standard InChI is InChI=1S/C23H24N2O3/c1-16(24-22(26)17(2)25-23(27)20-13-14-28-15-20)21(18-9-5-3-6-10-18)19-11-7-4-8-12-19/h3-17,21H,1-2H3,(H,24,26)(H,25,27). The van der Waals surface area contributed by atoms with E-state index < -0.39 is 6.04 Å². The summed E-state index contributed by atoms with van der Waals surface area (Å²) in [5.74, 6) is -0.573. The van der Waals surface area contributed by atoms with Crippen molar-refractivity contribution in [1.82, 2.24) is 10.6 Å². The van der Waals surface area contributed by atoms with Crippen molar-refractivity contribution in [2.45, 2.75) is 31.8 Å². The Kier molecular flexibility index (Phi) is 6.27. The maximum atomic E-state index is 12.7. The van der Waals surface area contributed by atoms with Crippen LogP contribution in [-0.4, -0.2) is 23.9 Å². The van der Waals surface area contributed by atoms with Gasteiger partial charge in [-0.3, -0.25) is 9.59 Å². The molecule has 3 rings (SSSR count). The lowest BCUT2D eigenvalue weighted by atomic mass is 9.85. The molecule has 2 unspecified atom stereocenters. The van der Waals surface area contributed by atoms with Gasteiger partial charge in [0.25, 0.3) is 5.91 Å². The monoisotopic (exact) mass is 376 g/mol. The molecule has 2 N–H and O–H groups in total. The number of carbonyl (C=O) groups is 2. The maximum absolute atomic E-state index is 12.7. The van der Waals surface area contributed by atoms with E-state index in [1.54, 1.807) is 13.0 Å². The van der Waals surface area contributed by atoms with E-state index in [2.05, 4.69) is 34.9 Å². The van der Waals surface area contributed by atoms with Crippen LogP contribution in [0.25, 0.3) is 0 Å². The number of nitrogens with one attached hydrogen (secondary N) is 2. The van der Waals surface area contributed by atoms with Crippen LogP contribution in [0.15, 0.2) is 83.7 Å². The van der Waals surface area contributed by atoms with Gasteiger partial charge in [0.1, 0.15) is 12.3 Å². The summed E-state index contributed by atoms with van der Waals surface area (Å²) in [6, 6.07) is 20.9. The van der Waals surface area contributed by atoms with Gasteiger partial charge in [0.05, 0.1) is 11.8 Å². The Labute approximate surface area is 164 Å². The summed E-state index contributed by atoms with van der Waals surface area (Å²) >= 11 is 0. The fourth-order valence-corrected chi connectivity index (χ4v) is 3.26. The first-order chi connectivity index (χ1) is 13.6. The first-order valence-corrected chi connectivity index (χ1v) is 9.29. The van der Waals surface area contributed by atoms with Crippen LogP contribution in [0.5, 0.6) is 0 Å². The summed E-state index contributed by atoms with van der Waals surface area (Å²) in [7, 11) is 0. The molecule has 0 aliphatic rings. The van der Waals surface area contributed by atoms with Crippen molar-refractivity contribution in [2.24, 2.45) is 0 Å². The molecule has 0 aliphatic heterocycles. The molecule has 28 heavy (non-hydrogen) atoms. The second kappa shape index (κ2) is 9.04. The van der Waals surface area contributed by atoms with Gasteiger partial charge in [-0.25, -0.2) is 0 Å². The SMILES string of the molecule is CC(NC(=O)c1ccoc1)C(=O)NC(C)C(c1ccccc1)c1ccccc1. The Morgan fingerprint density at radius 2 is 1.39 bits per heavy atom. The summed E-state index contributed by atoms with van der Waals surface area (Å²) in [5, 5.41) is 5.75. The zero-order chi connectivity index (χ0) is 19.9. The summed E-state index contributed by atoms with van der Waals surface area (Å²) in [5.41, 5.74) is 2.63. The number of rotatable bonds is 7. The molecule has 144 valence electrons. The van der Waals surface area contributed by atoms with E-state index in [9.17, 15) is 9.59 Å². The van der Waals surface area contributed by atoms with Gasteiger partial charge in [0.15, 0.2) is 0 Å². The third kappa shape index (κ3) is 4.68. The molecule has 5 heteroatoms. The highest BCUT2D eigenvalue weighted by Crippen LogP contribution is 2.28. The van der Waals surface area contributed by atoms with Crippen molar-refractivity contribution >= 4 is 11.8 Å². The fraction of sp³-hybridized carbons (Fsp3) is 0.217. The maximum Gasteiger partial charge on any atom is 0.255 e. The number of furan rings is 1. The van der Waals surface area contributed by atoms with Crippen LogP contribution in [0, 0.1) is 0 Å². The van der Waals surface area contributed by atoms with E-state index in [0.29, 0.717) is 5.56 Å². The van der Waals surface area contributed by atoms with E-state index in [1.165, 1.54) is 12.5 Å². The third-order valence-electron chi connectivity index (χ3n) is 4.71. The van der Waals surface area contributed by atoms with Gasteiger partial charge in [-0.1, -0.05) is 60.7 Å². The molecular weight excluding hydrogens is 352 g/mol. The van der Waals surface area contributed by atoms with Crippen LogP contribution in [0.3, 0.4) is 0 Å². The zero-order valence-corrected chi connectivity index (χ0v) is 16.0. The summed E-state index contributed by atoms with van der Waals surface area (Å²) in [6.07, 6.45) is 2.77. The van der Waals surface area contributed by atoms with Crippen LogP contribution in [0.4, 0.5) is 0 Å². The topological polar surface area (TPSA) is 71.3 Å². The van der Waals surface area contributed by atoms with E-state index in [1.807, 2.05) is 43.3 Å². The molecule has 5 nitrogen and oxygen atoms in total. The minimum atomic E-state index is -0.669. The lowest BCUT2D eigenvalue weighted by molar-refractivity contribution is -0.123. The Bertz CT molecular complexity index is 853. The van der Waals surface area contributed by atoms with E-state index >= 15 is 0 Å². The van der Waals surface area contributed by atoms with E-state index in [-0.39, 0.29) is 23.8 Å². The number of carbonyl (C=O) groups excluding carboxylic acids is 2. The highest BCUT2D eigenvalue weighted by molar-refractivity contribution is 5.97. The van der Waals surface area contributed by atoms with Gasteiger partial charge in [0, 0.05) is 12.0 Å². The largest absolute Gasteiger partial charge is 0.472 e. The fourth-order valence-electron chi connectivity index (χ4n) is 3.26. The van der Waals surface area contributed by atoms with Crippen LogP contribution in [0.2, 0.25) is 0 Å². The van der Waals surface area contributed by atoms with E-state index in [0.717, 1.165) is 11.1 Å². The molecule has 0 aliphatic carbocycles. The lowest BCUT2D eigenvalue weighted by Gasteiger charge is -2.27. The first-order valence-electron chi connectivity index (χ1n) is 9.29. The Balaban J connectivity index is 1.71. The van der Waals surface area contributed by atoms with Crippen molar-refractivity contribution in [2.75, 3.05) is 0 Å². The summed E-state index contributed by atoms with van der Waals surface area (Å²) < 4.78 is 4.91. The van der Waals surface area contributed by atoms with Crippen molar-refractivity contribution in [1.29, 1.82) is 0 Å². The van der Waals surface area contributed by atoms with Gasteiger partial charge in [-0.15, -0.1) is 0 Å². The Hall–Kier alpha value is -3.34. The van der Waals surface area contributed by atoms with Crippen molar-refractivity contribution in [3.05, 3.63) is 95.9 Å². The molecule has 3 aromatic rings. The number of hydrogen-bond donors (Lipinski definition) is 2. The predicted molar refractivity (Wildman–Crippen MR) is 108 cm³/mol. The number of amides is 2. The minimum absolute atomic E-state index is 0.00289. The lowest BCUT2D eigenvalue weighted by Crippen LogP contribution is -2.48. The molecule has 0 radical (unpaired) electrons. The molecule has 0 saturated heterocycles. The van der Waals surface area contributed by atoms with Crippen LogP contribution in [-0.2, 0) is 4.79 Å². The van der Waals surface area contributed by atoms with Crippen LogP contribution >= 0.6 is 0 Å². The molecule has 1 aromatic heterocycles. The predicted octanol–water partition coefficient (Wildman–Crippen LogP) is 3.73.